The lowest BCUT2D eigenvalue weighted by molar-refractivity contribution is 0.124. The normalized spacial score (nSPS) is 13.5. The van der Waals surface area contributed by atoms with Gasteiger partial charge in [-0.2, -0.15) is 0 Å². The fourth-order valence-electron chi connectivity index (χ4n) is 2.83. The molecule has 0 saturated heterocycles. The molecule has 25 heavy (non-hydrogen) atoms. The van der Waals surface area contributed by atoms with Gasteiger partial charge < -0.3 is 27.7 Å². The van der Waals surface area contributed by atoms with E-state index in [2.05, 4.69) is 0 Å². The number of rotatable bonds is 10. The molecule has 2 aromatic rings. The van der Waals surface area contributed by atoms with Gasteiger partial charge in [0.15, 0.2) is 0 Å². The predicted molar refractivity (Wildman–Crippen MR) is 105 cm³/mol. The number of nitrogen functional groups attached to an aromatic ring is 2. The SMILES string of the molecule is Nc1cccc(C(N)CCCOCCCC(N)c2cccc(N)c2)c1. The Morgan fingerprint density at radius 2 is 1.16 bits per heavy atom. The van der Waals surface area contributed by atoms with Crippen molar-refractivity contribution in [2.24, 2.45) is 11.5 Å². The second-order valence-electron chi connectivity index (χ2n) is 6.45. The monoisotopic (exact) mass is 342 g/mol. The molecule has 0 heterocycles. The van der Waals surface area contributed by atoms with E-state index < -0.39 is 0 Å². The molecule has 2 rings (SSSR count). The zero-order valence-electron chi connectivity index (χ0n) is 14.7. The van der Waals surface area contributed by atoms with Crippen molar-refractivity contribution in [1.29, 1.82) is 0 Å². The van der Waals surface area contributed by atoms with Crippen molar-refractivity contribution in [1.82, 2.24) is 0 Å². The average molecular weight is 342 g/mol. The summed E-state index contributed by atoms with van der Waals surface area (Å²) >= 11 is 0. The molecule has 5 nitrogen and oxygen atoms in total. The molecule has 0 aliphatic rings. The molecule has 2 unspecified atom stereocenters. The fraction of sp³-hybridized carbons (Fsp3) is 0.400. The largest absolute Gasteiger partial charge is 0.399 e. The van der Waals surface area contributed by atoms with Crippen molar-refractivity contribution < 1.29 is 4.74 Å². The number of nitrogens with two attached hydrogens (primary N) is 4. The number of hydrogen-bond acceptors (Lipinski definition) is 5. The quantitative estimate of drug-likeness (QED) is 0.391. The highest BCUT2D eigenvalue weighted by molar-refractivity contribution is 5.42. The Balaban J connectivity index is 1.56. The molecular formula is C20H30N4O. The first-order valence-electron chi connectivity index (χ1n) is 8.86. The summed E-state index contributed by atoms with van der Waals surface area (Å²) in [6.45, 7) is 1.42. The van der Waals surface area contributed by atoms with Gasteiger partial charge >= 0.3 is 0 Å². The maximum atomic E-state index is 6.18. The molecule has 0 aliphatic heterocycles. The Labute approximate surface area is 150 Å². The van der Waals surface area contributed by atoms with E-state index in [1.165, 1.54) is 0 Å². The lowest BCUT2D eigenvalue weighted by atomic mass is 10.0. The van der Waals surface area contributed by atoms with Crippen LogP contribution in [0.5, 0.6) is 0 Å². The van der Waals surface area contributed by atoms with Gasteiger partial charge in [-0.05, 0) is 61.1 Å². The Morgan fingerprint density at radius 1 is 0.720 bits per heavy atom. The van der Waals surface area contributed by atoms with Crippen LogP contribution in [0.3, 0.4) is 0 Å². The van der Waals surface area contributed by atoms with Gasteiger partial charge in [-0.3, -0.25) is 0 Å². The van der Waals surface area contributed by atoms with Crippen molar-refractivity contribution in [2.75, 3.05) is 24.7 Å². The molecular weight excluding hydrogens is 312 g/mol. The fourth-order valence-corrected chi connectivity index (χ4v) is 2.83. The van der Waals surface area contributed by atoms with Crippen molar-refractivity contribution in [3.8, 4) is 0 Å². The molecule has 136 valence electrons. The third-order valence-corrected chi connectivity index (χ3v) is 4.29. The summed E-state index contributed by atoms with van der Waals surface area (Å²) in [7, 11) is 0. The van der Waals surface area contributed by atoms with E-state index in [0.717, 1.165) is 48.2 Å². The number of benzene rings is 2. The Kier molecular flexibility index (Phi) is 7.73. The average Bonchev–Trinajstić information content (AvgIpc) is 2.60. The van der Waals surface area contributed by atoms with E-state index in [9.17, 15) is 0 Å². The molecule has 0 saturated carbocycles. The van der Waals surface area contributed by atoms with E-state index in [1.807, 2.05) is 48.5 Å². The van der Waals surface area contributed by atoms with Gasteiger partial charge in [0.1, 0.15) is 0 Å². The highest BCUT2D eigenvalue weighted by atomic mass is 16.5. The first-order chi connectivity index (χ1) is 12.1. The maximum absolute atomic E-state index is 6.18. The number of ether oxygens (including phenoxy) is 1. The van der Waals surface area contributed by atoms with Crippen LogP contribution < -0.4 is 22.9 Å². The van der Waals surface area contributed by atoms with Gasteiger partial charge in [-0.15, -0.1) is 0 Å². The molecule has 0 bridgehead atoms. The lowest BCUT2D eigenvalue weighted by Gasteiger charge is -2.14. The summed E-state index contributed by atoms with van der Waals surface area (Å²) in [5.74, 6) is 0. The van der Waals surface area contributed by atoms with Crippen LogP contribution in [0.15, 0.2) is 48.5 Å². The summed E-state index contributed by atoms with van der Waals surface area (Å²) < 4.78 is 5.69. The van der Waals surface area contributed by atoms with Crippen LogP contribution in [-0.2, 0) is 4.74 Å². The van der Waals surface area contributed by atoms with Gasteiger partial charge in [0, 0.05) is 36.7 Å². The van der Waals surface area contributed by atoms with E-state index in [1.54, 1.807) is 0 Å². The van der Waals surface area contributed by atoms with Gasteiger partial charge in [0.25, 0.3) is 0 Å². The molecule has 0 radical (unpaired) electrons. The summed E-state index contributed by atoms with van der Waals surface area (Å²) in [6.07, 6.45) is 3.62. The summed E-state index contributed by atoms with van der Waals surface area (Å²) in [6, 6.07) is 15.5. The van der Waals surface area contributed by atoms with Crippen LogP contribution >= 0.6 is 0 Å². The Bertz CT molecular complexity index is 592. The second-order valence-corrected chi connectivity index (χ2v) is 6.45. The van der Waals surface area contributed by atoms with E-state index >= 15 is 0 Å². The van der Waals surface area contributed by atoms with Crippen LogP contribution in [0, 0.1) is 0 Å². The van der Waals surface area contributed by atoms with Crippen LogP contribution in [0.25, 0.3) is 0 Å². The minimum atomic E-state index is 0.00376. The number of anilines is 2. The summed E-state index contributed by atoms with van der Waals surface area (Å²) in [5.41, 5.74) is 27.6. The van der Waals surface area contributed by atoms with Crippen LogP contribution in [0.2, 0.25) is 0 Å². The Morgan fingerprint density at radius 3 is 1.56 bits per heavy atom. The van der Waals surface area contributed by atoms with Crippen LogP contribution in [0.1, 0.15) is 48.9 Å². The Hall–Kier alpha value is -2.08. The molecule has 2 atom stereocenters. The highest BCUT2D eigenvalue weighted by Crippen LogP contribution is 2.19. The minimum absolute atomic E-state index is 0.00376. The predicted octanol–water partition coefficient (Wildman–Crippen LogP) is 3.13. The van der Waals surface area contributed by atoms with Gasteiger partial charge in [0.2, 0.25) is 0 Å². The van der Waals surface area contributed by atoms with E-state index in [-0.39, 0.29) is 12.1 Å². The van der Waals surface area contributed by atoms with Gasteiger partial charge in [-0.1, -0.05) is 24.3 Å². The van der Waals surface area contributed by atoms with E-state index in [4.69, 9.17) is 27.7 Å². The zero-order valence-corrected chi connectivity index (χ0v) is 14.7. The summed E-state index contributed by atoms with van der Waals surface area (Å²) in [4.78, 5) is 0. The third kappa shape index (κ3) is 6.74. The molecule has 0 fully saturated rings. The van der Waals surface area contributed by atoms with Crippen molar-refractivity contribution in [3.63, 3.8) is 0 Å². The lowest BCUT2D eigenvalue weighted by Crippen LogP contribution is -2.13. The molecule has 2 aromatic carbocycles. The molecule has 0 aromatic heterocycles. The van der Waals surface area contributed by atoms with Crippen molar-refractivity contribution in [3.05, 3.63) is 59.7 Å². The first kappa shape index (κ1) is 19.2. The van der Waals surface area contributed by atoms with Crippen LogP contribution in [-0.4, -0.2) is 13.2 Å². The van der Waals surface area contributed by atoms with Crippen molar-refractivity contribution >= 4 is 11.4 Å². The standard InChI is InChI=1S/C20H30N4O/c21-17-7-1-5-15(13-17)19(23)9-3-11-25-12-4-10-20(24)16-6-2-8-18(22)14-16/h1-2,5-8,13-14,19-20H,3-4,9-12,21-24H2. The maximum Gasteiger partial charge on any atom is 0.0466 e. The van der Waals surface area contributed by atoms with Crippen molar-refractivity contribution in [2.45, 2.75) is 37.8 Å². The number of hydrogen-bond donors (Lipinski definition) is 4. The smallest absolute Gasteiger partial charge is 0.0466 e. The molecule has 0 amide bonds. The van der Waals surface area contributed by atoms with E-state index in [0.29, 0.717) is 13.2 Å². The minimum Gasteiger partial charge on any atom is -0.399 e. The zero-order chi connectivity index (χ0) is 18.1. The van der Waals surface area contributed by atoms with Gasteiger partial charge in [-0.25, -0.2) is 0 Å². The molecule has 0 spiro atoms. The highest BCUT2D eigenvalue weighted by Gasteiger charge is 2.07. The second kappa shape index (κ2) is 10.0. The molecule has 5 heteroatoms. The third-order valence-electron chi connectivity index (χ3n) is 4.29. The molecule has 8 N–H and O–H groups in total. The topological polar surface area (TPSA) is 113 Å². The first-order valence-corrected chi connectivity index (χ1v) is 8.86. The van der Waals surface area contributed by atoms with Crippen LogP contribution in [0.4, 0.5) is 11.4 Å². The van der Waals surface area contributed by atoms with Gasteiger partial charge in [0.05, 0.1) is 0 Å². The summed E-state index contributed by atoms with van der Waals surface area (Å²) in [5, 5.41) is 0. The molecule has 0 aliphatic carbocycles.